The monoisotopic (exact) mass is 497 g/mol. The molecule has 2 aromatic carbocycles. The molecule has 34 heavy (non-hydrogen) atoms. The molecule has 1 atom stereocenters. The average molecular weight is 497 g/mol. The second-order valence-corrected chi connectivity index (χ2v) is 8.90. The van der Waals surface area contributed by atoms with Crippen LogP contribution in [-0.2, 0) is 15.7 Å². The number of anilines is 1. The molecule has 1 heterocycles. The number of alkyl halides is 3. The summed E-state index contributed by atoms with van der Waals surface area (Å²) in [5.41, 5.74) is -1.23. The van der Waals surface area contributed by atoms with Crippen molar-refractivity contribution in [3.63, 3.8) is 0 Å². The van der Waals surface area contributed by atoms with Gasteiger partial charge in [0.05, 0.1) is 23.2 Å². The topological polar surface area (TPSA) is 93.0 Å². The van der Waals surface area contributed by atoms with Gasteiger partial charge in [-0.15, -0.1) is 11.8 Å². The van der Waals surface area contributed by atoms with E-state index in [4.69, 9.17) is 4.74 Å². The highest BCUT2D eigenvalue weighted by Gasteiger charge is 2.34. The second-order valence-electron chi connectivity index (χ2n) is 7.52. The molecule has 3 rings (SSSR count). The van der Waals surface area contributed by atoms with E-state index in [1.165, 1.54) is 18.9 Å². The van der Waals surface area contributed by atoms with E-state index in [0.29, 0.717) is 16.5 Å². The number of amides is 1. The lowest BCUT2D eigenvalue weighted by Crippen LogP contribution is -2.49. The Morgan fingerprint density at radius 1 is 1.12 bits per heavy atom. The Bertz CT molecular complexity index is 1090. The van der Waals surface area contributed by atoms with Crippen molar-refractivity contribution in [3.8, 4) is 0 Å². The predicted molar refractivity (Wildman–Crippen MR) is 120 cm³/mol. The summed E-state index contributed by atoms with van der Waals surface area (Å²) < 4.78 is 43.7. The van der Waals surface area contributed by atoms with Gasteiger partial charge in [0.25, 0.3) is 11.6 Å². The first kappa shape index (κ1) is 25.3. The van der Waals surface area contributed by atoms with Gasteiger partial charge in [-0.25, -0.2) is 0 Å². The molecule has 0 spiro atoms. The Balaban J connectivity index is 1.74. The van der Waals surface area contributed by atoms with Gasteiger partial charge in [-0.2, -0.15) is 13.2 Å². The molecule has 0 radical (unpaired) electrons. The Hall–Kier alpha value is -3.28. The molecular weight excluding hydrogens is 475 g/mol. The van der Waals surface area contributed by atoms with Gasteiger partial charge >= 0.3 is 12.1 Å². The average Bonchev–Trinajstić information content (AvgIpc) is 2.82. The summed E-state index contributed by atoms with van der Waals surface area (Å²) >= 11 is 1.20. The smallest absolute Gasteiger partial charge is 0.416 e. The lowest BCUT2D eigenvalue weighted by atomic mass is 10.1. The van der Waals surface area contributed by atoms with E-state index < -0.39 is 33.6 Å². The molecule has 182 valence electrons. The van der Waals surface area contributed by atoms with Crippen LogP contribution in [0.4, 0.5) is 24.5 Å². The van der Waals surface area contributed by atoms with Gasteiger partial charge < -0.3 is 14.5 Å². The summed E-state index contributed by atoms with van der Waals surface area (Å²) in [4.78, 5) is 39.3. The highest BCUT2D eigenvalue weighted by atomic mass is 32.2. The molecule has 1 fully saturated rings. The largest absolute Gasteiger partial charge is 0.468 e. The lowest BCUT2D eigenvalue weighted by molar-refractivity contribution is -0.384. The van der Waals surface area contributed by atoms with Crippen molar-refractivity contribution in [3.05, 3.63) is 63.7 Å². The number of nitrogens with zero attached hydrogens (tertiary/aromatic N) is 3. The van der Waals surface area contributed by atoms with Gasteiger partial charge in [0.15, 0.2) is 0 Å². The number of carbonyl (C=O) groups is 2. The van der Waals surface area contributed by atoms with Crippen molar-refractivity contribution in [1.82, 2.24) is 4.90 Å². The number of benzene rings is 2. The molecule has 0 N–H and O–H groups in total. The maximum atomic E-state index is 13.2. The third kappa shape index (κ3) is 5.61. The second kappa shape index (κ2) is 10.3. The number of hydrogen-bond donors (Lipinski definition) is 0. The van der Waals surface area contributed by atoms with Crippen molar-refractivity contribution < 1.29 is 32.4 Å². The highest BCUT2D eigenvalue weighted by Crippen LogP contribution is 2.37. The number of thioether (sulfide) groups is 1. The maximum Gasteiger partial charge on any atom is 0.416 e. The standard InChI is InChI=1S/C22H22F3N3O5S/c1-14(21(30)33-2)34-19-6-4-3-5-16(19)20(29)27-11-9-26(10-12-27)17-8-7-15(22(23,24)25)13-18(17)28(31)32/h3-8,13-14H,9-12H2,1-2H3. The van der Waals surface area contributed by atoms with Gasteiger partial charge in [-0.3, -0.25) is 19.7 Å². The number of carbonyl (C=O) groups excluding carboxylic acids is 2. The van der Waals surface area contributed by atoms with Crippen LogP contribution in [0.25, 0.3) is 0 Å². The number of esters is 1. The zero-order chi connectivity index (χ0) is 25.0. The number of ether oxygens (including phenoxy) is 1. The first-order valence-electron chi connectivity index (χ1n) is 10.3. The zero-order valence-corrected chi connectivity index (χ0v) is 19.2. The predicted octanol–water partition coefficient (Wildman–Crippen LogP) is 4.23. The quantitative estimate of drug-likeness (QED) is 0.255. The molecule has 0 bridgehead atoms. The molecule has 1 saturated heterocycles. The Morgan fingerprint density at radius 3 is 2.35 bits per heavy atom. The maximum absolute atomic E-state index is 13.2. The summed E-state index contributed by atoms with van der Waals surface area (Å²) in [6, 6.07) is 9.30. The van der Waals surface area contributed by atoms with Crippen molar-refractivity contribution >= 4 is 35.0 Å². The Labute approximate surface area is 197 Å². The van der Waals surface area contributed by atoms with Crippen molar-refractivity contribution in [2.45, 2.75) is 23.2 Å². The zero-order valence-electron chi connectivity index (χ0n) is 18.4. The fraction of sp³-hybridized carbons (Fsp3) is 0.364. The molecule has 8 nitrogen and oxygen atoms in total. The van der Waals surface area contributed by atoms with E-state index in [1.807, 2.05) is 0 Å². The number of nitro groups is 1. The molecular formula is C22H22F3N3O5S. The number of methoxy groups -OCH3 is 1. The van der Waals surface area contributed by atoms with E-state index in [-0.39, 0.29) is 37.8 Å². The van der Waals surface area contributed by atoms with Crippen LogP contribution in [-0.4, -0.2) is 60.2 Å². The molecule has 12 heteroatoms. The van der Waals surface area contributed by atoms with E-state index in [9.17, 15) is 32.9 Å². The van der Waals surface area contributed by atoms with Gasteiger partial charge in [-0.05, 0) is 31.2 Å². The minimum absolute atomic E-state index is 0.0768. The highest BCUT2D eigenvalue weighted by molar-refractivity contribution is 8.00. The molecule has 0 aromatic heterocycles. The van der Waals surface area contributed by atoms with Crippen LogP contribution in [0.1, 0.15) is 22.8 Å². The third-order valence-corrected chi connectivity index (χ3v) is 6.52. The minimum Gasteiger partial charge on any atom is -0.468 e. The summed E-state index contributed by atoms with van der Waals surface area (Å²) in [7, 11) is 1.29. The fourth-order valence-corrected chi connectivity index (χ4v) is 4.60. The normalized spacial score (nSPS) is 15.1. The first-order valence-corrected chi connectivity index (χ1v) is 11.1. The molecule has 1 aliphatic heterocycles. The summed E-state index contributed by atoms with van der Waals surface area (Å²) in [6.07, 6.45) is -4.69. The van der Waals surface area contributed by atoms with Crippen LogP contribution in [0.15, 0.2) is 47.4 Å². The third-order valence-electron chi connectivity index (χ3n) is 5.36. The van der Waals surface area contributed by atoms with E-state index in [0.717, 1.165) is 12.1 Å². The number of nitro benzene ring substituents is 1. The van der Waals surface area contributed by atoms with Crippen molar-refractivity contribution in [1.29, 1.82) is 0 Å². The lowest BCUT2D eigenvalue weighted by Gasteiger charge is -2.36. The van der Waals surface area contributed by atoms with Crippen LogP contribution in [0, 0.1) is 10.1 Å². The number of hydrogen-bond acceptors (Lipinski definition) is 7. The van der Waals surface area contributed by atoms with Gasteiger partial charge in [0.1, 0.15) is 10.9 Å². The van der Waals surface area contributed by atoms with E-state index in [1.54, 1.807) is 41.0 Å². The first-order chi connectivity index (χ1) is 16.0. The summed E-state index contributed by atoms with van der Waals surface area (Å²) in [5.74, 6) is -0.680. The van der Waals surface area contributed by atoms with E-state index in [2.05, 4.69) is 0 Å². The number of halogens is 3. The van der Waals surface area contributed by atoms with Crippen LogP contribution in [0.5, 0.6) is 0 Å². The Morgan fingerprint density at radius 2 is 1.76 bits per heavy atom. The van der Waals surface area contributed by atoms with Crippen LogP contribution in [0.2, 0.25) is 0 Å². The van der Waals surface area contributed by atoms with Gasteiger partial charge in [-0.1, -0.05) is 12.1 Å². The molecule has 0 saturated carbocycles. The van der Waals surface area contributed by atoms with Crippen LogP contribution in [0.3, 0.4) is 0 Å². The van der Waals surface area contributed by atoms with Crippen molar-refractivity contribution in [2.75, 3.05) is 38.2 Å². The van der Waals surface area contributed by atoms with Crippen molar-refractivity contribution in [2.24, 2.45) is 0 Å². The molecule has 0 aliphatic carbocycles. The summed E-state index contributed by atoms with van der Waals surface area (Å²) in [6.45, 7) is 2.55. The van der Waals surface area contributed by atoms with Gasteiger partial charge in [0, 0.05) is 37.1 Å². The van der Waals surface area contributed by atoms with E-state index >= 15 is 0 Å². The minimum atomic E-state index is -4.69. The molecule has 1 aliphatic rings. The van der Waals surface area contributed by atoms with Gasteiger partial charge in [0.2, 0.25) is 0 Å². The van der Waals surface area contributed by atoms with Crippen LogP contribution >= 0.6 is 11.8 Å². The molecule has 1 amide bonds. The summed E-state index contributed by atoms with van der Waals surface area (Å²) in [5, 5.41) is 10.9. The Kier molecular flexibility index (Phi) is 7.70. The fourth-order valence-electron chi connectivity index (χ4n) is 3.58. The SMILES string of the molecule is COC(=O)C(C)Sc1ccccc1C(=O)N1CCN(c2ccc(C(F)(F)F)cc2[N+](=O)[O-])CC1. The molecule has 1 unspecified atom stereocenters. The molecule has 2 aromatic rings. The number of rotatable bonds is 6. The number of piperazine rings is 1. The van der Waals surface area contributed by atoms with Crippen LogP contribution < -0.4 is 4.90 Å².